The van der Waals surface area contributed by atoms with Crippen LogP contribution in [0.4, 0.5) is 13.2 Å². The summed E-state index contributed by atoms with van der Waals surface area (Å²) in [7, 11) is -0.608. The molecule has 0 saturated heterocycles. The molecule has 0 unspecified atom stereocenters. The van der Waals surface area contributed by atoms with Crippen molar-refractivity contribution in [2.45, 2.75) is 6.18 Å². The molecule has 0 fully saturated rings. The third-order valence-electron chi connectivity index (χ3n) is 2.52. The smallest absolute Gasteiger partial charge is 0.504 e. The fraction of sp³-hybridized carbons (Fsp3) is 0.0833. The van der Waals surface area contributed by atoms with E-state index in [1.807, 2.05) is 0 Å². The molecule has 0 amide bonds. The van der Waals surface area contributed by atoms with Gasteiger partial charge in [0.25, 0.3) is 0 Å². The average molecular weight is 267 g/mol. The Morgan fingerprint density at radius 2 is 1.79 bits per heavy atom. The van der Waals surface area contributed by atoms with Crippen LogP contribution in [-0.2, 0) is 6.18 Å². The van der Waals surface area contributed by atoms with E-state index in [1.165, 1.54) is 18.5 Å². The number of nitrogens with zero attached hydrogens (tertiary/aromatic N) is 1. The van der Waals surface area contributed by atoms with Crippen molar-refractivity contribution in [1.82, 2.24) is 4.98 Å². The maximum Gasteiger partial charge on any atom is 0.504 e. The number of alkyl halides is 3. The third-order valence-corrected chi connectivity index (χ3v) is 2.52. The van der Waals surface area contributed by atoms with E-state index < -0.39 is 19.4 Å². The standard InChI is InChI=1S/C12H9BF3NO2/c14-12(15,16)9-1-2-11(19-13-18)10(7-9)8-3-5-17-6-4-8/h1-7,13,18H. The highest BCUT2D eigenvalue weighted by Gasteiger charge is 2.31. The number of hydrogen-bond acceptors (Lipinski definition) is 3. The van der Waals surface area contributed by atoms with Crippen LogP contribution in [-0.4, -0.2) is 17.7 Å². The molecular weight excluding hydrogens is 258 g/mol. The first-order valence-corrected chi connectivity index (χ1v) is 5.37. The Morgan fingerprint density at radius 3 is 2.37 bits per heavy atom. The molecule has 0 radical (unpaired) electrons. The predicted molar refractivity (Wildman–Crippen MR) is 64.7 cm³/mol. The van der Waals surface area contributed by atoms with Crippen LogP contribution in [0.1, 0.15) is 5.56 Å². The van der Waals surface area contributed by atoms with Gasteiger partial charge in [0, 0.05) is 18.0 Å². The fourth-order valence-electron chi connectivity index (χ4n) is 1.66. The number of aromatic nitrogens is 1. The van der Waals surface area contributed by atoms with Gasteiger partial charge in [-0.05, 0) is 35.9 Å². The topological polar surface area (TPSA) is 42.4 Å². The van der Waals surface area contributed by atoms with Gasteiger partial charge in [-0.1, -0.05) is 0 Å². The van der Waals surface area contributed by atoms with Gasteiger partial charge < -0.3 is 9.68 Å². The molecule has 3 nitrogen and oxygen atoms in total. The Labute approximate surface area is 108 Å². The fourth-order valence-corrected chi connectivity index (χ4v) is 1.66. The van der Waals surface area contributed by atoms with E-state index in [2.05, 4.69) is 4.98 Å². The van der Waals surface area contributed by atoms with Gasteiger partial charge in [0.15, 0.2) is 0 Å². The molecule has 2 aromatic rings. The minimum atomic E-state index is -4.43. The molecule has 1 aromatic carbocycles. The van der Waals surface area contributed by atoms with Crippen LogP contribution in [0.15, 0.2) is 42.7 Å². The first kappa shape index (κ1) is 13.4. The van der Waals surface area contributed by atoms with E-state index in [1.54, 1.807) is 12.1 Å². The molecule has 1 heterocycles. The molecule has 0 bridgehead atoms. The normalized spacial score (nSPS) is 11.2. The maximum atomic E-state index is 12.7. The van der Waals surface area contributed by atoms with E-state index in [9.17, 15) is 13.2 Å². The predicted octanol–water partition coefficient (Wildman–Crippen LogP) is 2.41. The van der Waals surface area contributed by atoms with Crippen molar-refractivity contribution in [3.8, 4) is 16.9 Å². The highest BCUT2D eigenvalue weighted by Crippen LogP contribution is 2.36. The molecule has 19 heavy (non-hydrogen) atoms. The second kappa shape index (κ2) is 5.32. The summed E-state index contributed by atoms with van der Waals surface area (Å²) in [5.41, 5.74) is 0.0143. The minimum Gasteiger partial charge on any atom is -0.538 e. The largest absolute Gasteiger partial charge is 0.538 e. The number of benzene rings is 1. The molecule has 0 spiro atoms. The molecule has 2 rings (SSSR count). The molecule has 0 saturated carbocycles. The van der Waals surface area contributed by atoms with Crippen LogP contribution >= 0.6 is 0 Å². The number of pyridine rings is 1. The quantitative estimate of drug-likeness (QED) is 0.868. The molecule has 98 valence electrons. The Hall–Kier alpha value is -2.02. The van der Waals surface area contributed by atoms with E-state index in [0.29, 0.717) is 5.56 Å². The van der Waals surface area contributed by atoms with Crippen LogP contribution in [0.3, 0.4) is 0 Å². The number of halogens is 3. The zero-order chi connectivity index (χ0) is 13.9. The lowest BCUT2D eigenvalue weighted by Crippen LogP contribution is -2.07. The summed E-state index contributed by atoms with van der Waals surface area (Å²) in [6.45, 7) is 0. The average Bonchev–Trinajstić information content (AvgIpc) is 2.39. The molecule has 1 aromatic heterocycles. The highest BCUT2D eigenvalue weighted by atomic mass is 19.4. The first-order chi connectivity index (χ1) is 9.02. The van der Waals surface area contributed by atoms with E-state index in [-0.39, 0.29) is 11.3 Å². The summed E-state index contributed by atoms with van der Waals surface area (Å²) >= 11 is 0. The summed E-state index contributed by atoms with van der Waals surface area (Å²) in [5.74, 6) is 0.182. The highest BCUT2D eigenvalue weighted by molar-refractivity contribution is 6.17. The van der Waals surface area contributed by atoms with Gasteiger partial charge in [0.1, 0.15) is 5.75 Å². The molecule has 0 atom stereocenters. The molecule has 0 aliphatic rings. The summed E-state index contributed by atoms with van der Waals surface area (Å²) in [6, 6.07) is 6.23. The van der Waals surface area contributed by atoms with Gasteiger partial charge in [-0.25, -0.2) is 0 Å². The van der Waals surface area contributed by atoms with Gasteiger partial charge in [0.2, 0.25) is 0 Å². The van der Waals surface area contributed by atoms with Crippen LogP contribution in [0.5, 0.6) is 5.75 Å². The summed E-state index contributed by atoms with van der Waals surface area (Å²) in [5, 5.41) is 8.76. The van der Waals surface area contributed by atoms with Crippen molar-refractivity contribution in [2.75, 3.05) is 0 Å². The zero-order valence-electron chi connectivity index (χ0n) is 9.69. The van der Waals surface area contributed by atoms with Crippen molar-refractivity contribution in [1.29, 1.82) is 0 Å². The Balaban J connectivity index is 2.54. The summed E-state index contributed by atoms with van der Waals surface area (Å²) in [4.78, 5) is 3.81. The van der Waals surface area contributed by atoms with Crippen molar-refractivity contribution in [3.05, 3.63) is 48.3 Å². The van der Waals surface area contributed by atoms with Gasteiger partial charge in [-0.15, -0.1) is 0 Å². The third kappa shape index (κ3) is 3.06. The van der Waals surface area contributed by atoms with Crippen LogP contribution in [0.25, 0.3) is 11.1 Å². The Morgan fingerprint density at radius 1 is 1.11 bits per heavy atom. The second-order valence-corrected chi connectivity index (χ2v) is 3.72. The van der Waals surface area contributed by atoms with E-state index >= 15 is 0 Å². The molecule has 0 aliphatic heterocycles. The van der Waals surface area contributed by atoms with Crippen molar-refractivity contribution < 1.29 is 22.8 Å². The van der Waals surface area contributed by atoms with Crippen molar-refractivity contribution in [3.63, 3.8) is 0 Å². The number of hydrogen-bond donors (Lipinski definition) is 1. The lowest BCUT2D eigenvalue weighted by molar-refractivity contribution is -0.137. The van der Waals surface area contributed by atoms with Gasteiger partial charge in [-0.3, -0.25) is 4.98 Å². The van der Waals surface area contributed by atoms with Gasteiger partial charge in [-0.2, -0.15) is 13.2 Å². The van der Waals surface area contributed by atoms with Gasteiger partial charge >= 0.3 is 13.9 Å². The maximum absolute atomic E-state index is 12.7. The molecular formula is C12H9BF3NO2. The summed E-state index contributed by atoms with van der Waals surface area (Å²) < 4.78 is 43.0. The minimum absolute atomic E-state index is 0.182. The van der Waals surface area contributed by atoms with E-state index in [0.717, 1.165) is 12.1 Å². The first-order valence-electron chi connectivity index (χ1n) is 5.37. The van der Waals surface area contributed by atoms with Crippen LogP contribution < -0.4 is 4.65 Å². The Bertz CT molecular complexity index is 561. The SMILES string of the molecule is OBOc1ccc(C(F)(F)F)cc1-c1ccncc1. The van der Waals surface area contributed by atoms with Crippen molar-refractivity contribution in [2.24, 2.45) is 0 Å². The molecule has 1 N–H and O–H groups in total. The Kier molecular flexibility index (Phi) is 3.75. The van der Waals surface area contributed by atoms with Crippen LogP contribution in [0, 0.1) is 0 Å². The lowest BCUT2D eigenvalue weighted by Gasteiger charge is -2.13. The number of rotatable bonds is 3. The van der Waals surface area contributed by atoms with Crippen molar-refractivity contribution >= 4 is 7.69 Å². The molecule has 0 aliphatic carbocycles. The second-order valence-electron chi connectivity index (χ2n) is 3.72. The van der Waals surface area contributed by atoms with Gasteiger partial charge in [0.05, 0.1) is 5.56 Å². The zero-order valence-corrected chi connectivity index (χ0v) is 9.69. The van der Waals surface area contributed by atoms with Crippen LogP contribution in [0.2, 0.25) is 0 Å². The lowest BCUT2D eigenvalue weighted by atomic mass is 10.0. The van der Waals surface area contributed by atoms with E-state index in [4.69, 9.17) is 9.68 Å². The summed E-state index contributed by atoms with van der Waals surface area (Å²) in [6.07, 6.45) is -1.49. The molecule has 7 heteroatoms. The monoisotopic (exact) mass is 267 g/mol.